The maximum absolute atomic E-state index is 11.9. The molecule has 116 valence electrons. The third-order valence-corrected chi connectivity index (χ3v) is 4.59. The largest absolute Gasteiger partial charge is 0.383 e. The van der Waals surface area contributed by atoms with Gasteiger partial charge in [-0.15, -0.1) is 11.3 Å². The van der Waals surface area contributed by atoms with Crippen LogP contribution in [-0.2, 0) is 16.0 Å². The lowest BCUT2D eigenvalue weighted by Gasteiger charge is -2.32. The van der Waals surface area contributed by atoms with Gasteiger partial charge in [-0.2, -0.15) is 0 Å². The van der Waals surface area contributed by atoms with E-state index in [1.165, 1.54) is 10.4 Å². The quantitative estimate of drug-likeness (QED) is 0.800. The zero-order valence-electron chi connectivity index (χ0n) is 12.3. The van der Waals surface area contributed by atoms with Crippen molar-refractivity contribution in [3.05, 3.63) is 21.9 Å². The zero-order valence-corrected chi connectivity index (χ0v) is 13.2. The normalized spacial score (nSPS) is 18.1. The van der Waals surface area contributed by atoms with E-state index in [4.69, 9.17) is 4.74 Å². The minimum Gasteiger partial charge on any atom is -0.383 e. The van der Waals surface area contributed by atoms with Gasteiger partial charge in [0.15, 0.2) is 0 Å². The maximum atomic E-state index is 11.9. The van der Waals surface area contributed by atoms with Gasteiger partial charge in [0.05, 0.1) is 13.2 Å². The third kappa shape index (κ3) is 4.26. The number of hydrogen-bond acceptors (Lipinski definition) is 5. The Hall–Kier alpha value is -1.44. The van der Waals surface area contributed by atoms with E-state index in [2.05, 4.69) is 33.9 Å². The number of ether oxygens (including phenoxy) is 1. The molecule has 2 N–H and O–H groups in total. The molecule has 21 heavy (non-hydrogen) atoms. The Morgan fingerprint density at radius 2 is 2.33 bits per heavy atom. The highest BCUT2D eigenvalue weighted by molar-refractivity contribution is 7.10. The molecule has 1 aliphatic rings. The molecule has 0 spiro atoms. The second-order valence-corrected chi connectivity index (χ2v) is 5.99. The highest BCUT2D eigenvalue weighted by Crippen LogP contribution is 2.32. The van der Waals surface area contributed by atoms with Gasteiger partial charge in [0.1, 0.15) is 0 Å². The van der Waals surface area contributed by atoms with Crippen LogP contribution in [0.3, 0.4) is 0 Å². The lowest BCUT2D eigenvalue weighted by molar-refractivity contribution is -0.121. The number of carbonyl (C=O) groups is 2. The van der Waals surface area contributed by atoms with Crippen molar-refractivity contribution in [3.63, 3.8) is 0 Å². The number of amides is 3. The fraction of sp³-hybridized carbons (Fsp3) is 0.571. The van der Waals surface area contributed by atoms with Gasteiger partial charge in [-0.25, -0.2) is 4.79 Å². The van der Waals surface area contributed by atoms with Crippen LogP contribution in [0.4, 0.5) is 4.79 Å². The summed E-state index contributed by atoms with van der Waals surface area (Å²) in [6.07, 6.45) is 0.963. The predicted molar refractivity (Wildman–Crippen MR) is 81.4 cm³/mol. The van der Waals surface area contributed by atoms with Gasteiger partial charge >= 0.3 is 6.03 Å². The molecule has 0 bridgehead atoms. The molecule has 0 aliphatic carbocycles. The molecular weight excluding hydrogens is 290 g/mol. The molecule has 2 rings (SSSR count). The first kappa shape index (κ1) is 15.9. The van der Waals surface area contributed by atoms with E-state index in [0.717, 1.165) is 13.0 Å². The Balaban J connectivity index is 1.79. The van der Waals surface area contributed by atoms with Gasteiger partial charge in [0, 0.05) is 31.1 Å². The average molecular weight is 311 g/mol. The summed E-state index contributed by atoms with van der Waals surface area (Å²) in [6.45, 7) is 3.97. The first-order valence-corrected chi connectivity index (χ1v) is 7.86. The summed E-state index contributed by atoms with van der Waals surface area (Å²) in [4.78, 5) is 26.9. The van der Waals surface area contributed by atoms with E-state index >= 15 is 0 Å². The predicted octanol–water partition coefficient (Wildman–Crippen LogP) is 1.14. The maximum Gasteiger partial charge on any atom is 0.321 e. The Bertz CT molecular complexity index is 503. The molecule has 1 atom stereocenters. The number of imide groups is 1. The van der Waals surface area contributed by atoms with E-state index in [0.29, 0.717) is 13.2 Å². The molecular formula is C14H21N3O3S. The second kappa shape index (κ2) is 7.53. The Labute approximate surface area is 128 Å². The lowest BCUT2D eigenvalue weighted by atomic mass is 10.0. The van der Waals surface area contributed by atoms with Crippen LogP contribution in [0.2, 0.25) is 0 Å². The number of nitrogens with one attached hydrogen (secondary N) is 2. The molecule has 0 aromatic carbocycles. The number of methoxy groups -OCH3 is 1. The lowest BCUT2D eigenvalue weighted by Crippen LogP contribution is -2.46. The van der Waals surface area contributed by atoms with Crippen molar-refractivity contribution in [3.8, 4) is 0 Å². The van der Waals surface area contributed by atoms with Gasteiger partial charge in [0.25, 0.3) is 0 Å². The van der Waals surface area contributed by atoms with E-state index in [1.807, 2.05) is 0 Å². The van der Waals surface area contributed by atoms with Crippen LogP contribution in [0.5, 0.6) is 0 Å². The minimum atomic E-state index is -0.474. The van der Waals surface area contributed by atoms with Crippen LogP contribution in [0.15, 0.2) is 11.4 Å². The van der Waals surface area contributed by atoms with Crippen LogP contribution in [0.25, 0.3) is 0 Å². The number of thiophene rings is 1. The fourth-order valence-electron chi connectivity index (χ4n) is 2.44. The van der Waals surface area contributed by atoms with Gasteiger partial charge in [-0.3, -0.25) is 15.0 Å². The minimum absolute atomic E-state index is 0.210. The van der Waals surface area contributed by atoms with Crippen LogP contribution in [0.1, 0.15) is 23.4 Å². The van der Waals surface area contributed by atoms with Crippen molar-refractivity contribution < 1.29 is 14.3 Å². The van der Waals surface area contributed by atoms with Crippen molar-refractivity contribution in [2.45, 2.75) is 19.4 Å². The van der Waals surface area contributed by atoms with Crippen molar-refractivity contribution in [2.75, 3.05) is 33.4 Å². The molecule has 1 aromatic heterocycles. The summed E-state index contributed by atoms with van der Waals surface area (Å²) < 4.78 is 4.82. The van der Waals surface area contributed by atoms with Crippen LogP contribution in [-0.4, -0.2) is 50.2 Å². The molecule has 0 saturated carbocycles. The summed E-state index contributed by atoms with van der Waals surface area (Å²) in [5, 5.41) is 6.99. The van der Waals surface area contributed by atoms with Crippen LogP contribution >= 0.6 is 11.3 Å². The average Bonchev–Trinajstić information content (AvgIpc) is 2.91. The summed E-state index contributed by atoms with van der Waals surface area (Å²) in [7, 11) is 1.56. The molecule has 2 heterocycles. The van der Waals surface area contributed by atoms with Crippen LogP contribution < -0.4 is 10.6 Å². The zero-order chi connectivity index (χ0) is 15.2. The van der Waals surface area contributed by atoms with Crippen molar-refractivity contribution >= 4 is 23.3 Å². The SMILES string of the molecule is COCCNC(=O)NC(=O)CN1CCc2sccc2[C@H]1C. The van der Waals surface area contributed by atoms with E-state index < -0.39 is 6.03 Å². The molecule has 7 heteroatoms. The number of rotatable bonds is 5. The molecule has 3 amide bonds. The number of urea groups is 1. The van der Waals surface area contributed by atoms with Gasteiger partial charge in [0.2, 0.25) is 5.91 Å². The summed E-state index contributed by atoms with van der Waals surface area (Å²) in [5.41, 5.74) is 1.29. The van der Waals surface area contributed by atoms with Crippen molar-refractivity contribution in [2.24, 2.45) is 0 Å². The van der Waals surface area contributed by atoms with Crippen molar-refractivity contribution in [1.29, 1.82) is 0 Å². The Kier molecular flexibility index (Phi) is 5.72. The number of carbonyl (C=O) groups excluding carboxylic acids is 2. The number of fused-ring (bicyclic) bond motifs is 1. The summed E-state index contributed by atoms with van der Waals surface area (Å²) >= 11 is 1.77. The highest BCUT2D eigenvalue weighted by atomic mass is 32.1. The molecule has 0 fully saturated rings. The van der Waals surface area contributed by atoms with E-state index in [1.54, 1.807) is 18.4 Å². The number of hydrogen-bond donors (Lipinski definition) is 2. The monoisotopic (exact) mass is 311 g/mol. The smallest absolute Gasteiger partial charge is 0.321 e. The highest BCUT2D eigenvalue weighted by Gasteiger charge is 2.26. The standard InChI is InChI=1S/C14H21N3O3S/c1-10-11-4-8-21-12(11)3-6-17(10)9-13(18)16-14(19)15-5-7-20-2/h4,8,10H,3,5-7,9H2,1-2H3,(H2,15,16,18,19)/t10-/m1/s1. The van der Waals surface area contributed by atoms with Crippen LogP contribution in [0, 0.1) is 0 Å². The van der Waals surface area contributed by atoms with Crippen molar-refractivity contribution in [1.82, 2.24) is 15.5 Å². The molecule has 6 nitrogen and oxygen atoms in total. The topological polar surface area (TPSA) is 70.7 Å². The molecule has 0 unspecified atom stereocenters. The summed E-state index contributed by atoms with van der Waals surface area (Å²) in [5.74, 6) is -0.282. The Morgan fingerprint density at radius 3 is 3.10 bits per heavy atom. The van der Waals surface area contributed by atoms with Gasteiger partial charge in [-0.1, -0.05) is 0 Å². The third-order valence-electron chi connectivity index (χ3n) is 3.60. The first-order valence-electron chi connectivity index (χ1n) is 6.98. The first-order chi connectivity index (χ1) is 10.1. The molecule has 0 radical (unpaired) electrons. The van der Waals surface area contributed by atoms with Gasteiger partial charge < -0.3 is 10.1 Å². The van der Waals surface area contributed by atoms with E-state index in [-0.39, 0.29) is 18.5 Å². The van der Waals surface area contributed by atoms with Gasteiger partial charge in [-0.05, 0) is 30.4 Å². The molecule has 0 saturated heterocycles. The number of nitrogens with zero attached hydrogens (tertiary/aromatic N) is 1. The van der Waals surface area contributed by atoms with E-state index in [9.17, 15) is 9.59 Å². The Morgan fingerprint density at radius 1 is 1.52 bits per heavy atom. The molecule has 1 aliphatic heterocycles. The summed E-state index contributed by atoms with van der Waals surface area (Å²) in [6, 6.07) is 1.85. The molecule has 1 aromatic rings. The fourth-order valence-corrected chi connectivity index (χ4v) is 3.40. The second-order valence-electron chi connectivity index (χ2n) is 4.99.